The fourth-order valence-electron chi connectivity index (χ4n) is 3.11. The van der Waals surface area contributed by atoms with Gasteiger partial charge in [-0.15, -0.1) is 0 Å². The predicted molar refractivity (Wildman–Crippen MR) is 116 cm³/mol. The smallest absolute Gasteiger partial charge is 0.411 e. The highest BCUT2D eigenvalue weighted by Crippen LogP contribution is 2.14. The highest BCUT2D eigenvalue weighted by molar-refractivity contribution is 5.95. The van der Waals surface area contributed by atoms with Gasteiger partial charge >= 0.3 is 6.09 Å². The largest absolute Gasteiger partial charge is 0.450 e. The Labute approximate surface area is 176 Å². The number of hydrogen-bond donors (Lipinski definition) is 2. The van der Waals surface area contributed by atoms with E-state index in [4.69, 9.17) is 4.74 Å². The van der Waals surface area contributed by atoms with Crippen molar-refractivity contribution >= 4 is 17.7 Å². The summed E-state index contributed by atoms with van der Waals surface area (Å²) < 4.78 is 6.74. The van der Waals surface area contributed by atoms with Gasteiger partial charge in [-0.05, 0) is 75.2 Å². The van der Waals surface area contributed by atoms with Gasteiger partial charge in [0.05, 0.1) is 18.0 Å². The maximum absolute atomic E-state index is 12.3. The zero-order valence-corrected chi connectivity index (χ0v) is 17.4. The third kappa shape index (κ3) is 5.47. The Morgan fingerprint density at radius 3 is 2.33 bits per heavy atom. The molecule has 2 amide bonds. The van der Waals surface area contributed by atoms with Crippen molar-refractivity contribution in [1.82, 2.24) is 15.1 Å². The van der Waals surface area contributed by atoms with E-state index in [1.807, 2.05) is 48.9 Å². The van der Waals surface area contributed by atoms with Crippen LogP contribution in [-0.2, 0) is 11.2 Å². The number of aryl methyl sites for hydroxylation is 2. The average molecular weight is 406 g/mol. The quantitative estimate of drug-likeness (QED) is 0.620. The van der Waals surface area contributed by atoms with Gasteiger partial charge in [0.2, 0.25) is 0 Å². The summed E-state index contributed by atoms with van der Waals surface area (Å²) in [5, 5.41) is 10.0. The van der Waals surface area contributed by atoms with Crippen LogP contribution in [0.1, 0.15) is 34.2 Å². The molecule has 0 aliphatic rings. The second-order valence-corrected chi connectivity index (χ2v) is 6.93. The molecular weight excluding hydrogens is 380 g/mol. The van der Waals surface area contributed by atoms with E-state index in [2.05, 4.69) is 15.7 Å². The fourth-order valence-corrected chi connectivity index (χ4v) is 3.11. The van der Waals surface area contributed by atoms with Crippen LogP contribution in [0, 0.1) is 13.8 Å². The van der Waals surface area contributed by atoms with Crippen LogP contribution in [0.2, 0.25) is 0 Å². The first-order valence-corrected chi connectivity index (χ1v) is 9.91. The molecular formula is C23H26N4O3. The molecule has 0 unspecified atom stereocenters. The summed E-state index contributed by atoms with van der Waals surface area (Å²) in [4.78, 5) is 23.7. The minimum atomic E-state index is -0.515. The zero-order valence-electron chi connectivity index (χ0n) is 17.4. The van der Waals surface area contributed by atoms with E-state index >= 15 is 0 Å². The molecule has 1 aromatic heterocycles. The molecule has 0 bridgehead atoms. The summed E-state index contributed by atoms with van der Waals surface area (Å²) in [6.07, 6.45) is 0.213. The van der Waals surface area contributed by atoms with Crippen molar-refractivity contribution < 1.29 is 14.3 Å². The van der Waals surface area contributed by atoms with Gasteiger partial charge in [0.15, 0.2) is 0 Å². The number of aromatic nitrogens is 2. The lowest BCUT2D eigenvalue weighted by Crippen LogP contribution is -2.25. The van der Waals surface area contributed by atoms with Crippen LogP contribution in [0.25, 0.3) is 5.69 Å². The lowest BCUT2D eigenvalue weighted by Gasteiger charge is -2.09. The second-order valence-electron chi connectivity index (χ2n) is 6.93. The standard InChI is InChI=1S/C23H26N4O3/c1-4-30-23(29)25-20-9-7-19(8-10-20)22(28)24-14-13-18-5-11-21(12-6-18)27-17(3)15-16(2)26-27/h5-12,15H,4,13-14H2,1-3H3,(H,24,28)(H,25,29). The van der Waals surface area contributed by atoms with Crippen molar-refractivity contribution in [3.05, 3.63) is 77.1 Å². The van der Waals surface area contributed by atoms with E-state index in [0.29, 0.717) is 24.4 Å². The van der Waals surface area contributed by atoms with Crippen LogP contribution < -0.4 is 10.6 Å². The number of hydrogen-bond acceptors (Lipinski definition) is 4. The van der Waals surface area contributed by atoms with Gasteiger partial charge in [-0.2, -0.15) is 5.10 Å². The van der Waals surface area contributed by atoms with E-state index in [-0.39, 0.29) is 5.91 Å². The monoisotopic (exact) mass is 406 g/mol. The molecule has 2 N–H and O–H groups in total. The summed E-state index contributed by atoms with van der Waals surface area (Å²) in [5.41, 5.74) is 5.34. The van der Waals surface area contributed by atoms with Gasteiger partial charge in [0.25, 0.3) is 5.91 Å². The minimum Gasteiger partial charge on any atom is -0.450 e. The third-order valence-electron chi connectivity index (χ3n) is 4.56. The van der Waals surface area contributed by atoms with Gasteiger partial charge in [-0.3, -0.25) is 10.1 Å². The van der Waals surface area contributed by atoms with Gasteiger partial charge < -0.3 is 10.1 Å². The van der Waals surface area contributed by atoms with E-state index in [1.54, 1.807) is 31.2 Å². The lowest BCUT2D eigenvalue weighted by atomic mass is 10.1. The Morgan fingerprint density at radius 1 is 1.03 bits per heavy atom. The number of carbonyl (C=O) groups is 2. The number of nitrogens with one attached hydrogen (secondary N) is 2. The summed E-state index contributed by atoms with van der Waals surface area (Å²) in [6.45, 7) is 6.58. The molecule has 3 rings (SSSR count). The van der Waals surface area contributed by atoms with Crippen LogP contribution in [-0.4, -0.2) is 34.9 Å². The molecule has 2 aromatic carbocycles. The second kappa shape index (κ2) is 9.73. The van der Waals surface area contributed by atoms with E-state index in [9.17, 15) is 9.59 Å². The lowest BCUT2D eigenvalue weighted by molar-refractivity contribution is 0.0954. The van der Waals surface area contributed by atoms with Crippen LogP contribution in [0.3, 0.4) is 0 Å². The summed E-state index contributed by atoms with van der Waals surface area (Å²) in [6, 6.07) is 16.9. The Hall–Kier alpha value is -3.61. The maximum atomic E-state index is 12.3. The molecule has 30 heavy (non-hydrogen) atoms. The molecule has 7 heteroatoms. The predicted octanol–water partition coefficient (Wildman–Crippen LogP) is 4.03. The third-order valence-corrected chi connectivity index (χ3v) is 4.56. The molecule has 0 aliphatic heterocycles. The Bertz CT molecular complexity index is 1010. The molecule has 0 saturated heterocycles. The molecule has 7 nitrogen and oxygen atoms in total. The normalized spacial score (nSPS) is 10.5. The number of carbonyl (C=O) groups excluding carboxylic acids is 2. The van der Waals surface area contributed by atoms with E-state index < -0.39 is 6.09 Å². The zero-order chi connectivity index (χ0) is 21.5. The van der Waals surface area contributed by atoms with Gasteiger partial charge in [0.1, 0.15) is 0 Å². The Kier molecular flexibility index (Phi) is 6.85. The first-order valence-electron chi connectivity index (χ1n) is 9.91. The van der Waals surface area contributed by atoms with Gasteiger partial charge in [-0.25, -0.2) is 9.48 Å². The number of amides is 2. The van der Waals surface area contributed by atoms with Crippen molar-refractivity contribution in [3.8, 4) is 5.69 Å². The summed E-state index contributed by atoms with van der Waals surface area (Å²) in [7, 11) is 0. The molecule has 3 aromatic rings. The van der Waals surface area contributed by atoms with Gasteiger partial charge in [0, 0.05) is 23.5 Å². The maximum Gasteiger partial charge on any atom is 0.411 e. The van der Waals surface area contributed by atoms with Crippen molar-refractivity contribution in [2.45, 2.75) is 27.2 Å². The SMILES string of the molecule is CCOC(=O)Nc1ccc(C(=O)NCCc2ccc(-n3nc(C)cc3C)cc2)cc1. The van der Waals surface area contributed by atoms with Gasteiger partial charge in [-0.1, -0.05) is 12.1 Å². The molecule has 0 aliphatic carbocycles. The van der Waals surface area contributed by atoms with Crippen LogP contribution in [0.4, 0.5) is 10.5 Å². The number of anilines is 1. The number of nitrogens with zero attached hydrogens (tertiary/aromatic N) is 2. The Morgan fingerprint density at radius 2 is 1.73 bits per heavy atom. The van der Waals surface area contributed by atoms with E-state index in [0.717, 1.165) is 29.1 Å². The fraction of sp³-hybridized carbons (Fsp3) is 0.261. The highest BCUT2D eigenvalue weighted by Gasteiger charge is 2.07. The van der Waals surface area contributed by atoms with Crippen molar-refractivity contribution in [2.75, 3.05) is 18.5 Å². The molecule has 0 radical (unpaired) electrons. The molecule has 0 spiro atoms. The molecule has 0 atom stereocenters. The van der Waals surface area contributed by atoms with Crippen LogP contribution in [0.5, 0.6) is 0 Å². The molecule has 0 saturated carbocycles. The molecule has 0 fully saturated rings. The number of rotatable bonds is 7. The van der Waals surface area contributed by atoms with Crippen LogP contribution in [0.15, 0.2) is 54.6 Å². The van der Waals surface area contributed by atoms with Crippen molar-refractivity contribution in [1.29, 1.82) is 0 Å². The topological polar surface area (TPSA) is 85.2 Å². The molecule has 156 valence electrons. The van der Waals surface area contributed by atoms with Crippen molar-refractivity contribution in [3.63, 3.8) is 0 Å². The first kappa shape index (κ1) is 21.1. The summed E-state index contributed by atoms with van der Waals surface area (Å²) in [5.74, 6) is -0.156. The summed E-state index contributed by atoms with van der Waals surface area (Å²) >= 11 is 0. The van der Waals surface area contributed by atoms with Crippen molar-refractivity contribution in [2.24, 2.45) is 0 Å². The minimum absolute atomic E-state index is 0.156. The average Bonchev–Trinajstić information content (AvgIpc) is 3.07. The Balaban J connectivity index is 1.49. The number of benzene rings is 2. The van der Waals surface area contributed by atoms with Crippen LogP contribution >= 0.6 is 0 Å². The molecule has 1 heterocycles. The first-order chi connectivity index (χ1) is 14.5. The number of ether oxygens (including phenoxy) is 1. The highest BCUT2D eigenvalue weighted by atomic mass is 16.5. The van der Waals surface area contributed by atoms with E-state index in [1.165, 1.54) is 0 Å².